The molecule has 3 heteroatoms. The smallest absolute Gasteiger partial charge is 0.131 e. The minimum Gasteiger partial charge on any atom is -0.493 e. The van der Waals surface area contributed by atoms with E-state index in [0.29, 0.717) is 11.8 Å². The first-order chi connectivity index (χ1) is 17.8. The van der Waals surface area contributed by atoms with Crippen LogP contribution in [0.25, 0.3) is 0 Å². The SMILES string of the molecule is CCCCCCCCCCc1ccc(OCC2CCC(c3ncc(CCCCCC)cn3)CC2)cc1. The quantitative estimate of drug-likeness (QED) is 0.194. The van der Waals surface area contributed by atoms with E-state index in [0.717, 1.165) is 24.6 Å². The summed E-state index contributed by atoms with van der Waals surface area (Å²) in [7, 11) is 0. The van der Waals surface area contributed by atoms with Crippen LogP contribution in [-0.2, 0) is 12.8 Å². The lowest BCUT2D eigenvalue weighted by molar-refractivity contribution is 0.198. The highest BCUT2D eigenvalue weighted by atomic mass is 16.5. The largest absolute Gasteiger partial charge is 0.493 e. The van der Waals surface area contributed by atoms with E-state index >= 15 is 0 Å². The van der Waals surface area contributed by atoms with E-state index in [9.17, 15) is 0 Å². The minimum absolute atomic E-state index is 0.519. The third-order valence-electron chi connectivity index (χ3n) is 7.98. The summed E-state index contributed by atoms with van der Waals surface area (Å²) in [6.07, 6.45) is 27.5. The summed E-state index contributed by atoms with van der Waals surface area (Å²) in [4.78, 5) is 9.46. The topological polar surface area (TPSA) is 35.0 Å². The molecule has 1 aliphatic rings. The zero-order valence-corrected chi connectivity index (χ0v) is 23.4. The van der Waals surface area contributed by atoms with E-state index in [2.05, 4.69) is 50.5 Å². The third-order valence-corrected chi connectivity index (χ3v) is 7.98. The van der Waals surface area contributed by atoms with Gasteiger partial charge < -0.3 is 4.74 Å². The van der Waals surface area contributed by atoms with E-state index in [1.165, 1.54) is 120 Å². The number of hydrogen-bond donors (Lipinski definition) is 0. The fraction of sp³-hybridized carbons (Fsp3) is 0.697. The molecule has 0 unspecified atom stereocenters. The molecule has 36 heavy (non-hydrogen) atoms. The van der Waals surface area contributed by atoms with Crippen molar-refractivity contribution in [1.29, 1.82) is 0 Å². The van der Waals surface area contributed by atoms with Crippen LogP contribution in [-0.4, -0.2) is 16.6 Å². The normalized spacial score (nSPS) is 17.8. The highest BCUT2D eigenvalue weighted by Gasteiger charge is 2.24. The van der Waals surface area contributed by atoms with Crippen LogP contribution in [0.4, 0.5) is 0 Å². The Hall–Kier alpha value is -1.90. The summed E-state index contributed by atoms with van der Waals surface area (Å²) in [6.45, 7) is 5.38. The van der Waals surface area contributed by atoms with Gasteiger partial charge in [0.2, 0.25) is 0 Å². The number of nitrogens with zero attached hydrogens (tertiary/aromatic N) is 2. The molecular formula is C33H52N2O. The molecule has 1 saturated carbocycles. The van der Waals surface area contributed by atoms with E-state index in [4.69, 9.17) is 14.7 Å². The second-order valence-corrected chi connectivity index (χ2v) is 11.2. The molecule has 1 aromatic heterocycles. The van der Waals surface area contributed by atoms with Crippen LogP contribution in [0.3, 0.4) is 0 Å². The van der Waals surface area contributed by atoms with E-state index in [-0.39, 0.29) is 0 Å². The van der Waals surface area contributed by atoms with Crippen molar-refractivity contribution >= 4 is 0 Å². The van der Waals surface area contributed by atoms with Crippen molar-refractivity contribution in [3.63, 3.8) is 0 Å². The molecular weight excluding hydrogens is 440 g/mol. The molecule has 0 radical (unpaired) electrons. The minimum atomic E-state index is 0.519. The molecule has 200 valence electrons. The standard InChI is InChI=1S/C33H52N2O/c1-3-5-7-9-10-11-12-14-15-28-19-23-32(24-20-28)36-27-29-17-21-31(22-18-29)33-34-25-30(26-35-33)16-13-8-6-4-2/h19-20,23-26,29,31H,3-18,21-22,27H2,1-2H3. The molecule has 1 fully saturated rings. The van der Waals surface area contributed by atoms with Gasteiger partial charge in [-0.15, -0.1) is 0 Å². The lowest BCUT2D eigenvalue weighted by Gasteiger charge is -2.27. The highest BCUT2D eigenvalue weighted by Crippen LogP contribution is 2.34. The Morgan fingerprint density at radius 2 is 1.17 bits per heavy atom. The Morgan fingerprint density at radius 3 is 1.78 bits per heavy atom. The fourth-order valence-corrected chi connectivity index (χ4v) is 5.48. The van der Waals surface area contributed by atoms with Crippen LogP contribution in [0.5, 0.6) is 5.75 Å². The van der Waals surface area contributed by atoms with Crippen LogP contribution in [0.1, 0.15) is 139 Å². The molecule has 1 aromatic carbocycles. The third kappa shape index (κ3) is 11.0. The first kappa shape index (κ1) is 28.7. The number of aryl methyl sites for hydroxylation is 2. The van der Waals surface area contributed by atoms with Gasteiger partial charge in [0.05, 0.1) is 6.61 Å². The summed E-state index contributed by atoms with van der Waals surface area (Å²) in [6, 6.07) is 8.86. The summed E-state index contributed by atoms with van der Waals surface area (Å²) in [5, 5.41) is 0. The number of aromatic nitrogens is 2. The van der Waals surface area contributed by atoms with Gasteiger partial charge in [0, 0.05) is 18.3 Å². The van der Waals surface area contributed by atoms with Crippen LogP contribution in [0.2, 0.25) is 0 Å². The van der Waals surface area contributed by atoms with Crippen molar-refractivity contribution in [2.45, 2.75) is 135 Å². The van der Waals surface area contributed by atoms with Gasteiger partial charge >= 0.3 is 0 Å². The van der Waals surface area contributed by atoms with Crippen LogP contribution in [0.15, 0.2) is 36.7 Å². The predicted octanol–water partition coefficient (Wildman–Crippen LogP) is 9.64. The van der Waals surface area contributed by atoms with Gasteiger partial charge in [-0.25, -0.2) is 9.97 Å². The van der Waals surface area contributed by atoms with Gasteiger partial charge in [-0.2, -0.15) is 0 Å². The Kier molecular flexibility index (Phi) is 14.0. The first-order valence-corrected chi connectivity index (χ1v) is 15.3. The lowest BCUT2D eigenvalue weighted by atomic mass is 9.82. The lowest BCUT2D eigenvalue weighted by Crippen LogP contribution is -2.20. The summed E-state index contributed by atoms with van der Waals surface area (Å²) in [5.41, 5.74) is 2.74. The maximum absolute atomic E-state index is 6.17. The van der Waals surface area contributed by atoms with Gasteiger partial charge in [0.25, 0.3) is 0 Å². The van der Waals surface area contributed by atoms with Crippen molar-refractivity contribution in [2.24, 2.45) is 5.92 Å². The molecule has 3 nitrogen and oxygen atoms in total. The zero-order chi connectivity index (χ0) is 25.3. The molecule has 2 aromatic rings. The Balaban J connectivity index is 1.27. The number of unbranched alkanes of at least 4 members (excludes halogenated alkanes) is 10. The molecule has 0 atom stereocenters. The monoisotopic (exact) mass is 492 g/mol. The molecule has 0 amide bonds. The van der Waals surface area contributed by atoms with E-state index in [1.807, 2.05) is 0 Å². The average Bonchev–Trinajstić information content (AvgIpc) is 2.93. The number of benzene rings is 1. The van der Waals surface area contributed by atoms with Crippen molar-refractivity contribution < 1.29 is 4.74 Å². The molecule has 0 N–H and O–H groups in total. The van der Waals surface area contributed by atoms with Crippen molar-refractivity contribution in [3.8, 4) is 5.75 Å². The molecule has 0 aliphatic heterocycles. The zero-order valence-electron chi connectivity index (χ0n) is 23.4. The number of ether oxygens (including phenoxy) is 1. The van der Waals surface area contributed by atoms with Crippen molar-refractivity contribution in [1.82, 2.24) is 9.97 Å². The van der Waals surface area contributed by atoms with Crippen molar-refractivity contribution in [3.05, 3.63) is 53.6 Å². The highest BCUT2D eigenvalue weighted by molar-refractivity contribution is 5.27. The maximum atomic E-state index is 6.17. The molecule has 1 heterocycles. The first-order valence-electron chi connectivity index (χ1n) is 15.3. The Bertz CT molecular complexity index is 793. The summed E-state index contributed by atoms with van der Waals surface area (Å²) < 4.78 is 6.17. The van der Waals surface area contributed by atoms with Crippen LogP contribution < -0.4 is 4.74 Å². The van der Waals surface area contributed by atoms with Crippen molar-refractivity contribution in [2.75, 3.05) is 6.61 Å². The van der Waals surface area contributed by atoms with Gasteiger partial charge in [-0.05, 0) is 80.5 Å². The van der Waals surface area contributed by atoms with Gasteiger partial charge in [0.15, 0.2) is 0 Å². The Morgan fingerprint density at radius 1 is 0.639 bits per heavy atom. The van der Waals surface area contributed by atoms with Gasteiger partial charge in [-0.3, -0.25) is 0 Å². The molecule has 0 bridgehead atoms. The Labute approximate surface area is 221 Å². The molecule has 3 rings (SSSR count). The molecule has 0 spiro atoms. The molecule has 0 saturated heterocycles. The average molecular weight is 493 g/mol. The second kappa shape index (κ2) is 17.5. The van der Waals surface area contributed by atoms with E-state index < -0.39 is 0 Å². The summed E-state index contributed by atoms with van der Waals surface area (Å²) in [5.74, 6) is 3.25. The maximum Gasteiger partial charge on any atom is 0.131 e. The number of hydrogen-bond acceptors (Lipinski definition) is 3. The van der Waals surface area contributed by atoms with Crippen LogP contribution in [0, 0.1) is 5.92 Å². The van der Waals surface area contributed by atoms with Gasteiger partial charge in [0.1, 0.15) is 11.6 Å². The fourth-order valence-electron chi connectivity index (χ4n) is 5.48. The predicted molar refractivity (Wildman–Crippen MR) is 153 cm³/mol. The molecule has 1 aliphatic carbocycles. The second-order valence-electron chi connectivity index (χ2n) is 11.2. The van der Waals surface area contributed by atoms with Crippen LogP contribution >= 0.6 is 0 Å². The van der Waals surface area contributed by atoms with Gasteiger partial charge in [-0.1, -0.05) is 90.2 Å². The number of rotatable bonds is 18. The van der Waals surface area contributed by atoms with E-state index in [1.54, 1.807) is 0 Å². The summed E-state index contributed by atoms with van der Waals surface area (Å²) >= 11 is 0.